The Kier molecular flexibility index (Phi) is 4.14. The lowest BCUT2D eigenvalue weighted by Crippen LogP contribution is -2.12. The molecule has 2 unspecified atom stereocenters. The third kappa shape index (κ3) is 2.92. The van der Waals surface area contributed by atoms with Crippen LogP contribution >= 0.6 is 11.6 Å². The van der Waals surface area contributed by atoms with Gasteiger partial charge in [-0.15, -0.1) is 11.6 Å². The van der Waals surface area contributed by atoms with Crippen molar-refractivity contribution >= 4 is 22.8 Å². The molecule has 0 saturated carbocycles. The quantitative estimate of drug-likeness (QED) is 0.763. The third-order valence-electron chi connectivity index (χ3n) is 3.31. The number of aromatic nitrogens is 3. The summed E-state index contributed by atoms with van der Waals surface area (Å²) in [7, 11) is 0. The van der Waals surface area contributed by atoms with E-state index in [1.807, 2.05) is 26.0 Å². The molecule has 0 bridgehead atoms. The highest BCUT2D eigenvalue weighted by molar-refractivity contribution is 6.20. The maximum atomic E-state index is 6.29. The summed E-state index contributed by atoms with van der Waals surface area (Å²) in [5.74, 6) is 1.55. The van der Waals surface area contributed by atoms with E-state index in [2.05, 4.69) is 35.3 Å². The van der Waals surface area contributed by atoms with Crippen LogP contribution in [0, 0.1) is 12.8 Å². The molecule has 0 amide bonds. The van der Waals surface area contributed by atoms with Gasteiger partial charge in [-0.25, -0.2) is 9.97 Å². The summed E-state index contributed by atoms with van der Waals surface area (Å²) in [6.45, 7) is 10.7. The van der Waals surface area contributed by atoms with Crippen molar-refractivity contribution in [2.45, 2.75) is 52.5 Å². The van der Waals surface area contributed by atoms with Crippen LogP contribution in [-0.4, -0.2) is 14.5 Å². The summed E-state index contributed by atoms with van der Waals surface area (Å²) in [4.78, 5) is 9.30. The Bertz CT molecular complexity index is 572. The van der Waals surface area contributed by atoms with Crippen LogP contribution in [0.5, 0.6) is 0 Å². The molecule has 0 aliphatic carbocycles. The van der Waals surface area contributed by atoms with E-state index >= 15 is 0 Å². The Hall–Kier alpha value is -1.09. The second-order valence-electron chi connectivity index (χ2n) is 5.73. The number of nitrogens with zero attached hydrogens (tertiary/aromatic N) is 3. The Labute approximate surface area is 120 Å². The van der Waals surface area contributed by atoms with Gasteiger partial charge in [0, 0.05) is 11.7 Å². The van der Waals surface area contributed by atoms with Crippen LogP contribution < -0.4 is 0 Å². The molecule has 4 heteroatoms. The monoisotopic (exact) mass is 279 g/mol. The fourth-order valence-electron chi connectivity index (χ4n) is 2.59. The molecular formula is C15H22ClN3. The summed E-state index contributed by atoms with van der Waals surface area (Å²) >= 11 is 6.29. The molecule has 104 valence electrons. The predicted molar refractivity (Wildman–Crippen MR) is 80.7 cm³/mol. The first-order valence-corrected chi connectivity index (χ1v) is 7.33. The molecular weight excluding hydrogens is 258 g/mol. The highest BCUT2D eigenvalue weighted by atomic mass is 35.5. The van der Waals surface area contributed by atoms with E-state index in [4.69, 9.17) is 11.6 Å². The Balaban J connectivity index is 2.59. The van der Waals surface area contributed by atoms with Crippen molar-refractivity contribution in [2.24, 2.45) is 5.92 Å². The lowest BCUT2D eigenvalue weighted by atomic mass is 10.0. The van der Waals surface area contributed by atoms with Gasteiger partial charge >= 0.3 is 0 Å². The number of hydrogen-bond acceptors (Lipinski definition) is 2. The van der Waals surface area contributed by atoms with Crippen molar-refractivity contribution in [2.75, 3.05) is 0 Å². The van der Waals surface area contributed by atoms with Gasteiger partial charge in [0.15, 0.2) is 5.65 Å². The smallest absolute Gasteiger partial charge is 0.160 e. The highest BCUT2D eigenvalue weighted by Crippen LogP contribution is 2.29. The number of hydrogen-bond donors (Lipinski definition) is 0. The number of pyridine rings is 1. The van der Waals surface area contributed by atoms with Gasteiger partial charge in [0.05, 0.1) is 5.38 Å². The van der Waals surface area contributed by atoms with Gasteiger partial charge in [-0.1, -0.05) is 13.8 Å². The fraction of sp³-hybridized carbons (Fsp3) is 0.600. The molecule has 2 aromatic heterocycles. The van der Waals surface area contributed by atoms with Gasteiger partial charge in [0.1, 0.15) is 11.3 Å². The average Bonchev–Trinajstić information content (AvgIpc) is 2.66. The molecule has 0 fully saturated rings. The van der Waals surface area contributed by atoms with Crippen LogP contribution in [0.15, 0.2) is 12.1 Å². The number of aryl methyl sites for hydroxylation is 1. The highest BCUT2D eigenvalue weighted by Gasteiger charge is 2.20. The van der Waals surface area contributed by atoms with Gasteiger partial charge in [-0.05, 0) is 45.2 Å². The minimum Gasteiger partial charge on any atom is -0.309 e. The molecule has 3 nitrogen and oxygen atoms in total. The van der Waals surface area contributed by atoms with Crippen molar-refractivity contribution in [3.05, 3.63) is 23.7 Å². The first kappa shape index (κ1) is 14.3. The van der Waals surface area contributed by atoms with E-state index in [0.717, 1.165) is 29.1 Å². The summed E-state index contributed by atoms with van der Waals surface area (Å²) < 4.78 is 2.21. The molecule has 0 radical (unpaired) electrons. The van der Waals surface area contributed by atoms with Crippen molar-refractivity contribution in [1.29, 1.82) is 0 Å². The van der Waals surface area contributed by atoms with Gasteiger partial charge in [-0.2, -0.15) is 0 Å². The molecule has 2 rings (SSSR count). The SMILES string of the molecule is Cc1ccc2nc(C(C)Cl)n(C(C)CC(C)C)c2n1. The largest absolute Gasteiger partial charge is 0.309 e. The standard InChI is InChI=1S/C15H22ClN3/c1-9(2)8-11(4)19-14(12(5)16)18-13-7-6-10(3)17-15(13)19/h6-7,9,11-12H,8H2,1-5H3. The average molecular weight is 280 g/mol. The van der Waals surface area contributed by atoms with E-state index in [0.29, 0.717) is 12.0 Å². The fourth-order valence-corrected chi connectivity index (χ4v) is 2.74. The topological polar surface area (TPSA) is 30.7 Å². The maximum absolute atomic E-state index is 6.29. The van der Waals surface area contributed by atoms with Gasteiger partial charge in [0.25, 0.3) is 0 Å². The molecule has 2 atom stereocenters. The van der Waals surface area contributed by atoms with E-state index < -0.39 is 0 Å². The van der Waals surface area contributed by atoms with Crippen LogP contribution in [0.3, 0.4) is 0 Å². The van der Waals surface area contributed by atoms with E-state index in [1.165, 1.54) is 0 Å². The third-order valence-corrected chi connectivity index (χ3v) is 3.51. The van der Waals surface area contributed by atoms with E-state index in [-0.39, 0.29) is 5.38 Å². The lowest BCUT2D eigenvalue weighted by molar-refractivity contribution is 0.424. The molecule has 0 spiro atoms. The summed E-state index contributed by atoms with van der Waals surface area (Å²) in [5, 5.41) is -0.107. The second kappa shape index (κ2) is 5.49. The minimum atomic E-state index is -0.107. The van der Waals surface area contributed by atoms with E-state index in [9.17, 15) is 0 Å². The van der Waals surface area contributed by atoms with Crippen LogP contribution in [0.1, 0.15) is 57.1 Å². The maximum Gasteiger partial charge on any atom is 0.160 e. The molecule has 19 heavy (non-hydrogen) atoms. The number of alkyl halides is 1. The zero-order valence-corrected chi connectivity index (χ0v) is 13.1. The zero-order chi connectivity index (χ0) is 14.2. The van der Waals surface area contributed by atoms with Crippen molar-refractivity contribution in [3.8, 4) is 0 Å². The van der Waals surface area contributed by atoms with Gasteiger partial charge in [-0.3, -0.25) is 0 Å². The zero-order valence-electron chi connectivity index (χ0n) is 12.3. The Morgan fingerprint density at radius 3 is 2.42 bits per heavy atom. The molecule has 2 aromatic rings. The number of fused-ring (bicyclic) bond motifs is 1. The van der Waals surface area contributed by atoms with E-state index in [1.54, 1.807) is 0 Å². The normalized spacial score (nSPS) is 15.1. The van der Waals surface area contributed by atoms with Crippen LogP contribution in [-0.2, 0) is 0 Å². The van der Waals surface area contributed by atoms with Crippen LogP contribution in [0.2, 0.25) is 0 Å². The van der Waals surface area contributed by atoms with Crippen LogP contribution in [0.25, 0.3) is 11.2 Å². The first-order chi connectivity index (χ1) is 8.90. The minimum absolute atomic E-state index is 0.107. The molecule has 0 aliphatic rings. The van der Waals surface area contributed by atoms with Crippen molar-refractivity contribution in [3.63, 3.8) is 0 Å². The molecule has 0 saturated heterocycles. The lowest BCUT2D eigenvalue weighted by Gasteiger charge is -2.19. The van der Waals surface area contributed by atoms with Gasteiger partial charge < -0.3 is 4.57 Å². The van der Waals surface area contributed by atoms with Crippen LogP contribution in [0.4, 0.5) is 0 Å². The summed E-state index contributed by atoms with van der Waals surface area (Å²) in [6.07, 6.45) is 1.09. The number of halogens is 1. The summed E-state index contributed by atoms with van der Waals surface area (Å²) in [5.41, 5.74) is 2.90. The second-order valence-corrected chi connectivity index (χ2v) is 6.38. The Morgan fingerprint density at radius 1 is 1.16 bits per heavy atom. The predicted octanol–water partition coefficient (Wildman–Crippen LogP) is 4.65. The number of imidazole rings is 1. The number of rotatable bonds is 4. The first-order valence-electron chi connectivity index (χ1n) is 6.89. The molecule has 0 N–H and O–H groups in total. The van der Waals surface area contributed by atoms with Crippen molar-refractivity contribution in [1.82, 2.24) is 14.5 Å². The van der Waals surface area contributed by atoms with Crippen molar-refractivity contribution < 1.29 is 0 Å². The molecule has 0 aromatic carbocycles. The summed E-state index contributed by atoms with van der Waals surface area (Å²) in [6, 6.07) is 4.38. The Morgan fingerprint density at radius 2 is 1.84 bits per heavy atom. The molecule has 0 aliphatic heterocycles. The van der Waals surface area contributed by atoms with Gasteiger partial charge in [0.2, 0.25) is 0 Å². The molecule has 2 heterocycles.